The number of nitrogens with zero attached hydrogens (tertiary/aromatic N) is 3. The van der Waals surface area contributed by atoms with E-state index in [4.69, 9.17) is 11.6 Å². The van der Waals surface area contributed by atoms with Crippen molar-refractivity contribution in [3.05, 3.63) is 77.6 Å². The van der Waals surface area contributed by atoms with Crippen LogP contribution in [0.5, 0.6) is 0 Å². The van der Waals surface area contributed by atoms with Crippen LogP contribution in [0.2, 0.25) is 5.02 Å². The zero-order valence-corrected chi connectivity index (χ0v) is 16.0. The van der Waals surface area contributed by atoms with Gasteiger partial charge in [-0.05, 0) is 24.3 Å². The smallest absolute Gasteiger partial charge is 0.257 e. The Morgan fingerprint density at radius 1 is 1.11 bits per heavy atom. The molecule has 0 saturated carbocycles. The van der Waals surface area contributed by atoms with Gasteiger partial charge in [0.25, 0.3) is 5.91 Å². The number of benzene rings is 2. The fraction of sp³-hybridized carbons (Fsp3) is 0.0500. The van der Waals surface area contributed by atoms with Gasteiger partial charge in [-0.25, -0.2) is 9.97 Å². The molecule has 0 spiro atoms. The Labute approximate surface area is 165 Å². The highest BCUT2D eigenvalue weighted by Gasteiger charge is 2.19. The van der Waals surface area contributed by atoms with Crippen LogP contribution < -0.4 is 5.32 Å². The number of halogens is 1. The molecule has 0 radical (unpaired) electrons. The number of rotatable bonds is 4. The average molecular weight is 395 g/mol. The second kappa shape index (κ2) is 7.34. The van der Waals surface area contributed by atoms with Gasteiger partial charge in [0.15, 0.2) is 11.0 Å². The van der Waals surface area contributed by atoms with E-state index in [0.29, 0.717) is 15.7 Å². The number of aromatic nitrogens is 3. The second-order valence-corrected chi connectivity index (χ2v) is 7.32. The molecule has 0 unspecified atom stereocenters. The summed E-state index contributed by atoms with van der Waals surface area (Å²) in [6.07, 6.45) is 3.63. The third kappa shape index (κ3) is 3.63. The summed E-state index contributed by atoms with van der Waals surface area (Å²) in [7, 11) is 1.93. The summed E-state index contributed by atoms with van der Waals surface area (Å²) in [5.74, 6) is 0.574. The molecule has 27 heavy (non-hydrogen) atoms. The first kappa shape index (κ1) is 17.5. The van der Waals surface area contributed by atoms with Crippen LogP contribution in [0.1, 0.15) is 10.4 Å². The maximum atomic E-state index is 12.5. The Bertz CT molecular complexity index is 1090. The predicted octanol–water partition coefficient (Wildman–Crippen LogP) is 5.12. The van der Waals surface area contributed by atoms with Gasteiger partial charge >= 0.3 is 0 Å². The SMILES string of the molecule is Cn1ccnc1-c1sc(NC(=O)c2ccc(Cl)cc2)nc1-c1ccccc1. The van der Waals surface area contributed by atoms with E-state index in [2.05, 4.69) is 15.3 Å². The molecule has 0 bridgehead atoms. The number of carbonyl (C=O) groups excluding carboxylic acids is 1. The van der Waals surface area contributed by atoms with Crippen LogP contribution in [-0.4, -0.2) is 20.4 Å². The highest BCUT2D eigenvalue weighted by atomic mass is 35.5. The minimum atomic E-state index is -0.230. The lowest BCUT2D eigenvalue weighted by atomic mass is 10.1. The van der Waals surface area contributed by atoms with Crippen LogP contribution in [0.25, 0.3) is 22.0 Å². The molecule has 4 aromatic rings. The van der Waals surface area contributed by atoms with E-state index in [9.17, 15) is 4.79 Å². The standard InChI is InChI=1S/C20H15ClN4OS/c1-25-12-11-22-18(25)17-16(13-5-3-2-4-6-13)23-20(27-17)24-19(26)14-7-9-15(21)10-8-14/h2-12H,1H3,(H,23,24,26). The van der Waals surface area contributed by atoms with E-state index < -0.39 is 0 Å². The van der Waals surface area contributed by atoms with Crippen LogP contribution >= 0.6 is 22.9 Å². The predicted molar refractivity (Wildman–Crippen MR) is 109 cm³/mol. The number of aryl methyl sites for hydroxylation is 1. The first-order valence-electron chi connectivity index (χ1n) is 8.22. The number of carbonyl (C=O) groups is 1. The van der Waals surface area contributed by atoms with Crippen molar-refractivity contribution in [3.8, 4) is 22.0 Å². The lowest BCUT2D eigenvalue weighted by Crippen LogP contribution is -2.11. The third-order valence-corrected chi connectivity index (χ3v) is 5.24. The van der Waals surface area contributed by atoms with Crippen LogP contribution in [0.3, 0.4) is 0 Å². The molecule has 0 saturated heterocycles. The van der Waals surface area contributed by atoms with Crippen molar-refractivity contribution in [3.63, 3.8) is 0 Å². The Morgan fingerprint density at radius 3 is 2.52 bits per heavy atom. The van der Waals surface area contributed by atoms with Crippen LogP contribution in [0, 0.1) is 0 Å². The maximum Gasteiger partial charge on any atom is 0.257 e. The van der Waals surface area contributed by atoms with Gasteiger partial charge in [0.1, 0.15) is 0 Å². The topological polar surface area (TPSA) is 59.8 Å². The van der Waals surface area contributed by atoms with Crippen molar-refractivity contribution in [2.45, 2.75) is 0 Å². The molecule has 7 heteroatoms. The largest absolute Gasteiger partial charge is 0.333 e. The normalized spacial score (nSPS) is 10.7. The molecule has 1 N–H and O–H groups in total. The van der Waals surface area contributed by atoms with Crippen LogP contribution in [-0.2, 0) is 7.05 Å². The summed E-state index contributed by atoms with van der Waals surface area (Å²) in [4.78, 5) is 22.5. The quantitative estimate of drug-likeness (QED) is 0.522. The summed E-state index contributed by atoms with van der Waals surface area (Å²) >= 11 is 7.29. The van der Waals surface area contributed by atoms with Gasteiger partial charge in [-0.3, -0.25) is 10.1 Å². The van der Waals surface area contributed by atoms with Gasteiger partial charge in [-0.1, -0.05) is 53.3 Å². The first-order valence-corrected chi connectivity index (χ1v) is 9.42. The molecular formula is C20H15ClN4OS. The van der Waals surface area contributed by atoms with E-state index in [1.54, 1.807) is 30.5 Å². The Hall–Kier alpha value is -2.96. The fourth-order valence-electron chi connectivity index (χ4n) is 2.67. The zero-order valence-electron chi connectivity index (χ0n) is 14.4. The van der Waals surface area contributed by atoms with Crippen LogP contribution in [0.4, 0.5) is 5.13 Å². The first-order chi connectivity index (χ1) is 13.1. The third-order valence-electron chi connectivity index (χ3n) is 4.03. The maximum absolute atomic E-state index is 12.5. The van der Waals surface area contributed by atoms with Crippen molar-refractivity contribution in [2.24, 2.45) is 7.05 Å². The molecule has 0 aliphatic carbocycles. The number of thiazole rings is 1. The van der Waals surface area contributed by atoms with E-state index in [1.165, 1.54) is 11.3 Å². The Balaban J connectivity index is 1.72. The van der Waals surface area contributed by atoms with Crippen molar-refractivity contribution in [1.29, 1.82) is 0 Å². The number of hydrogen-bond acceptors (Lipinski definition) is 4. The molecule has 0 fully saturated rings. The van der Waals surface area contributed by atoms with Gasteiger partial charge in [0.2, 0.25) is 0 Å². The number of anilines is 1. The summed E-state index contributed by atoms with van der Waals surface area (Å²) in [5, 5.41) is 3.99. The summed E-state index contributed by atoms with van der Waals surface area (Å²) in [5.41, 5.74) is 2.29. The van der Waals surface area contributed by atoms with Crippen molar-refractivity contribution >= 4 is 34.0 Å². The molecule has 2 aromatic heterocycles. The fourth-order valence-corrected chi connectivity index (χ4v) is 3.82. The highest BCUT2D eigenvalue weighted by Crippen LogP contribution is 2.38. The number of nitrogens with one attached hydrogen (secondary N) is 1. The molecule has 134 valence electrons. The van der Waals surface area contributed by atoms with Gasteiger partial charge < -0.3 is 4.57 Å². The van der Waals surface area contributed by atoms with Gasteiger partial charge in [0, 0.05) is 35.6 Å². The lowest BCUT2D eigenvalue weighted by Gasteiger charge is -2.02. The molecule has 2 heterocycles. The number of hydrogen-bond donors (Lipinski definition) is 1. The lowest BCUT2D eigenvalue weighted by molar-refractivity contribution is 0.102. The van der Waals surface area contributed by atoms with Crippen LogP contribution in [0.15, 0.2) is 67.0 Å². The monoisotopic (exact) mass is 394 g/mol. The van der Waals surface area contributed by atoms with Gasteiger partial charge in [0.05, 0.1) is 10.6 Å². The Morgan fingerprint density at radius 2 is 1.85 bits per heavy atom. The minimum Gasteiger partial charge on any atom is -0.333 e. The minimum absolute atomic E-state index is 0.230. The number of amides is 1. The average Bonchev–Trinajstić information content (AvgIpc) is 3.28. The van der Waals surface area contributed by atoms with Crippen molar-refractivity contribution in [1.82, 2.24) is 14.5 Å². The van der Waals surface area contributed by atoms with Crippen molar-refractivity contribution in [2.75, 3.05) is 5.32 Å². The molecule has 1 amide bonds. The van der Waals surface area contributed by atoms with E-state index in [0.717, 1.165) is 22.0 Å². The summed E-state index contributed by atoms with van der Waals surface area (Å²) < 4.78 is 1.94. The molecule has 0 atom stereocenters. The van der Waals surface area contributed by atoms with E-state index in [-0.39, 0.29) is 5.91 Å². The van der Waals surface area contributed by atoms with Gasteiger partial charge in [-0.2, -0.15) is 0 Å². The second-order valence-electron chi connectivity index (χ2n) is 5.89. The summed E-state index contributed by atoms with van der Waals surface area (Å²) in [6, 6.07) is 16.6. The number of imidazole rings is 1. The molecule has 2 aromatic carbocycles. The Kier molecular flexibility index (Phi) is 4.75. The van der Waals surface area contributed by atoms with Gasteiger partial charge in [-0.15, -0.1) is 0 Å². The molecule has 0 aliphatic rings. The molecule has 5 nitrogen and oxygen atoms in total. The molecule has 4 rings (SSSR count). The van der Waals surface area contributed by atoms with E-state index in [1.807, 2.05) is 48.1 Å². The molecular weight excluding hydrogens is 380 g/mol. The zero-order chi connectivity index (χ0) is 18.8. The van der Waals surface area contributed by atoms with Crippen molar-refractivity contribution < 1.29 is 4.79 Å². The summed E-state index contributed by atoms with van der Waals surface area (Å²) in [6.45, 7) is 0. The van der Waals surface area contributed by atoms with E-state index >= 15 is 0 Å². The molecule has 0 aliphatic heterocycles. The highest BCUT2D eigenvalue weighted by molar-refractivity contribution is 7.19.